The molecule has 7 heteroatoms. The van der Waals surface area contributed by atoms with E-state index in [0.29, 0.717) is 10.8 Å². The number of aromatic amines is 1. The predicted molar refractivity (Wildman–Crippen MR) is 116 cm³/mol. The lowest BCUT2D eigenvalue weighted by Gasteiger charge is -2.22. The molecule has 5 rings (SSSR count). The predicted octanol–water partition coefficient (Wildman–Crippen LogP) is 3.96. The summed E-state index contributed by atoms with van der Waals surface area (Å²) in [5.74, 6) is 0.597. The van der Waals surface area contributed by atoms with Gasteiger partial charge in [-0.25, -0.2) is 17.7 Å². The lowest BCUT2D eigenvalue weighted by atomic mass is 10.1. The minimum absolute atomic E-state index is 0.311. The van der Waals surface area contributed by atoms with Gasteiger partial charge in [0.25, 0.3) is 0 Å². The van der Waals surface area contributed by atoms with Crippen LogP contribution in [0.4, 0.5) is 5.69 Å². The second-order valence-electron chi connectivity index (χ2n) is 8.29. The molecule has 1 aliphatic carbocycles. The molecule has 0 atom stereocenters. The maximum absolute atomic E-state index is 12.7. The molecule has 1 N–H and O–H groups in total. The maximum Gasteiger partial charge on any atom is 0.242 e. The highest BCUT2D eigenvalue weighted by atomic mass is 32.2. The van der Waals surface area contributed by atoms with Crippen molar-refractivity contribution < 1.29 is 8.42 Å². The maximum atomic E-state index is 12.7. The summed E-state index contributed by atoms with van der Waals surface area (Å²) >= 11 is 0. The van der Waals surface area contributed by atoms with Gasteiger partial charge in [-0.15, -0.1) is 0 Å². The fraction of sp³-hybridized carbons (Fsp3) is 0.409. The third-order valence-electron chi connectivity index (χ3n) is 5.98. The van der Waals surface area contributed by atoms with Crippen LogP contribution in [0.2, 0.25) is 0 Å². The lowest BCUT2D eigenvalue weighted by molar-refractivity contribution is 0.521. The molecule has 2 fully saturated rings. The second kappa shape index (κ2) is 6.85. The summed E-state index contributed by atoms with van der Waals surface area (Å²) in [7, 11) is -0.372. The summed E-state index contributed by atoms with van der Waals surface area (Å²) < 4.78 is 26.7. The Bertz CT molecular complexity index is 1170. The SMILES string of the molecule is CN(C)S(=O)(=O)c1ccc(N2CCCC2)c(-c2cc3ccc(C4CC4)nc3[nH]2)c1. The Hall–Kier alpha value is -2.38. The molecule has 2 aromatic heterocycles. The molecular formula is C22H26N4O2S. The normalized spacial score (nSPS) is 17.6. The summed E-state index contributed by atoms with van der Waals surface area (Å²) in [6.45, 7) is 1.99. The van der Waals surface area contributed by atoms with Crippen LogP contribution in [0.15, 0.2) is 41.3 Å². The van der Waals surface area contributed by atoms with Crippen LogP contribution in [0.5, 0.6) is 0 Å². The number of nitrogens with one attached hydrogen (secondary N) is 1. The first-order chi connectivity index (χ1) is 13.9. The van der Waals surface area contributed by atoms with Gasteiger partial charge < -0.3 is 9.88 Å². The standard InChI is InChI=1S/C22H26N4O2S/c1-25(2)29(27,28)17-8-10-21(26-11-3-4-12-26)18(14-17)20-13-16-7-9-19(15-5-6-15)23-22(16)24-20/h7-10,13-15H,3-6,11-12H2,1-2H3,(H,23,24). The van der Waals surface area contributed by atoms with E-state index in [2.05, 4.69) is 28.1 Å². The number of aromatic nitrogens is 2. The van der Waals surface area contributed by atoms with Crippen LogP contribution in [0, 0.1) is 0 Å². The minimum atomic E-state index is -3.50. The molecule has 29 heavy (non-hydrogen) atoms. The second-order valence-corrected chi connectivity index (χ2v) is 10.4. The number of H-pyrrole nitrogens is 1. The van der Waals surface area contributed by atoms with Gasteiger partial charge >= 0.3 is 0 Å². The van der Waals surface area contributed by atoms with Crippen LogP contribution in [-0.2, 0) is 10.0 Å². The van der Waals surface area contributed by atoms with Gasteiger partial charge in [0.1, 0.15) is 5.65 Å². The zero-order chi connectivity index (χ0) is 20.2. The highest BCUT2D eigenvalue weighted by Gasteiger charge is 2.26. The van der Waals surface area contributed by atoms with Gasteiger partial charge in [-0.3, -0.25) is 0 Å². The number of rotatable bonds is 5. The molecule has 3 aromatic rings. The Kier molecular flexibility index (Phi) is 4.40. The fourth-order valence-corrected chi connectivity index (χ4v) is 5.04. The molecule has 0 unspecified atom stereocenters. The highest BCUT2D eigenvalue weighted by Crippen LogP contribution is 2.40. The molecular weight excluding hydrogens is 384 g/mol. The molecule has 1 aromatic carbocycles. The van der Waals surface area contributed by atoms with Gasteiger partial charge in [-0.05, 0) is 62.1 Å². The fourth-order valence-electron chi connectivity index (χ4n) is 4.11. The molecule has 1 saturated heterocycles. The van der Waals surface area contributed by atoms with Gasteiger partial charge in [0, 0.05) is 61.1 Å². The quantitative estimate of drug-likeness (QED) is 0.691. The van der Waals surface area contributed by atoms with E-state index < -0.39 is 10.0 Å². The van der Waals surface area contributed by atoms with Crippen LogP contribution in [0.3, 0.4) is 0 Å². The van der Waals surface area contributed by atoms with Gasteiger partial charge in [-0.2, -0.15) is 0 Å². The Balaban J connectivity index is 1.65. The van der Waals surface area contributed by atoms with Crippen molar-refractivity contribution >= 4 is 26.7 Å². The minimum Gasteiger partial charge on any atom is -0.371 e. The zero-order valence-electron chi connectivity index (χ0n) is 16.9. The van der Waals surface area contributed by atoms with Crippen molar-refractivity contribution in [2.75, 3.05) is 32.1 Å². The van der Waals surface area contributed by atoms with E-state index in [9.17, 15) is 8.42 Å². The first kappa shape index (κ1) is 18.6. The van der Waals surface area contributed by atoms with Crippen molar-refractivity contribution in [2.45, 2.75) is 36.5 Å². The first-order valence-corrected chi connectivity index (χ1v) is 11.7. The van der Waals surface area contributed by atoms with E-state index in [-0.39, 0.29) is 0 Å². The third kappa shape index (κ3) is 3.32. The van der Waals surface area contributed by atoms with Crippen LogP contribution < -0.4 is 4.90 Å². The van der Waals surface area contributed by atoms with Crippen molar-refractivity contribution in [1.82, 2.24) is 14.3 Å². The summed E-state index contributed by atoms with van der Waals surface area (Å²) in [4.78, 5) is 10.9. The zero-order valence-corrected chi connectivity index (χ0v) is 17.7. The lowest BCUT2D eigenvalue weighted by Crippen LogP contribution is -2.23. The molecule has 1 saturated carbocycles. The first-order valence-electron chi connectivity index (χ1n) is 10.2. The average molecular weight is 411 g/mol. The van der Waals surface area contributed by atoms with Crippen molar-refractivity contribution in [1.29, 1.82) is 0 Å². The molecule has 6 nitrogen and oxygen atoms in total. The summed E-state index contributed by atoms with van der Waals surface area (Å²) in [6.07, 6.45) is 4.76. The third-order valence-corrected chi connectivity index (χ3v) is 7.79. The molecule has 0 amide bonds. The van der Waals surface area contributed by atoms with E-state index >= 15 is 0 Å². The molecule has 152 valence electrons. The number of anilines is 1. The number of benzene rings is 1. The van der Waals surface area contributed by atoms with Crippen LogP contribution in [-0.4, -0.2) is 49.9 Å². The topological polar surface area (TPSA) is 69.3 Å². The van der Waals surface area contributed by atoms with E-state index in [1.54, 1.807) is 26.2 Å². The number of fused-ring (bicyclic) bond motifs is 1. The number of hydrogen-bond acceptors (Lipinski definition) is 4. The van der Waals surface area contributed by atoms with Gasteiger partial charge in [-0.1, -0.05) is 0 Å². The summed E-state index contributed by atoms with van der Waals surface area (Å²) in [6, 6.07) is 11.8. The molecule has 0 spiro atoms. The van der Waals surface area contributed by atoms with Crippen LogP contribution >= 0.6 is 0 Å². The van der Waals surface area contributed by atoms with Crippen molar-refractivity contribution in [3.8, 4) is 11.3 Å². The van der Waals surface area contributed by atoms with E-state index in [0.717, 1.165) is 59.6 Å². The van der Waals surface area contributed by atoms with Gasteiger partial charge in [0.15, 0.2) is 0 Å². The monoisotopic (exact) mass is 410 g/mol. The number of hydrogen-bond donors (Lipinski definition) is 1. The van der Waals surface area contributed by atoms with Crippen LogP contribution in [0.1, 0.15) is 37.3 Å². The van der Waals surface area contributed by atoms with Gasteiger partial charge in [0.05, 0.1) is 4.90 Å². The van der Waals surface area contributed by atoms with Gasteiger partial charge in [0.2, 0.25) is 10.0 Å². The molecule has 0 radical (unpaired) electrons. The van der Waals surface area contributed by atoms with Crippen molar-refractivity contribution in [3.05, 3.63) is 42.1 Å². The van der Waals surface area contributed by atoms with E-state index in [1.807, 2.05) is 6.07 Å². The number of pyridine rings is 1. The highest BCUT2D eigenvalue weighted by molar-refractivity contribution is 7.89. The summed E-state index contributed by atoms with van der Waals surface area (Å²) in [5, 5.41) is 1.05. The molecule has 1 aliphatic heterocycles. The van der Waals surface area contributed by atoms with Crippen molar-refractivity contribution in [3.63, 3.8) is 0 Å². The van der Waals surface area contributed by atoms with Crippen LogP contribution in [0.25, 0.3) is 22.3 Å². The molecule has 3 heterocycles. The average Bonchev–Trinajstić information content (AvgIpc) is 3.25. The Labute approximate surface area is 171 Å². The Morgan fingerprint density at radius 1 is 1.07 bits per heavy atom. The van der Waals surface area contributed by atoms with Crippen molar-refractivity contribution in [2.24, 2.45) is 0 Å². The molecule has 2 aliphatic rings. The smallest absolute Gasteiger partial charge is 0.242 e. The summed E-state index contributed by atoms with van der Waals surface area (Å²) in [5.41, 5.74) is 4.93. The van der Waals surface area contributed by atoms with E-state index in [1.165, 1.54) is 17.1 Å². The number of nitrogens with zero attached hydrogens (tertiary/aromatic N) is 3. The molecule has 0 bridgehead atoms. The van der Waals surface area contributed by atoms with E-state index in [4.69, 9.17) is 4.98 Å². The number of sulfonamides is 1. The Morgan fingerprint density at radius 2 is 1.83 bits per heavy atom. The Morgan fingerprint density at radius 3 is 2.52 bits per heavy atom. The largest absolute Gasteiger partial charge is 0.371 e.